The standard InChI is InChI=1S/C25H27NO6/c1-24(2,3)32-23(28)26-19-14-10-9-13-17(19)20-18(15-25(4,29-5)31-21(20)26)22(27)30-16-11-7-6-8-12-16/h6-14,18H,15H2,1-5H3/t18-,25-/m1/s1. The van der Waals surface area contributed by atoms with Gasteiger partial charge in [0, 0.05) is 31.4 Å². The number of esters is 1. The lowest BCUT2D eigenvalue weighted by Gasteiger charge is -2.36. The van der Waals surface area contributed by atoms with Crippen molar-refractivity contribution < 1.29 is 28.5 Å². The quantitative estimate of drug-likeness (QED) is 0.411. The highest BCUT2D eigenvalue weighted by Gasteiger charge is 2.46. The molecule has 0 N–H and O–H groups in total. The number of methoxy groups -OCH3 is 1. The van der Waals surface area contributed by atoms with Crippen LogP contribution in [0.4, 0.5) is 4.79 Å². The van der Waals surface area contributed by atoms with Crippen molar-refractivity contribution in [2.24, 2.45) is 0 Å². The summed E-state index contributed by atoms with van der Waals surface area (Å²) in [4.78, 5) is 26.5. The number of rotatable bonds is 3. The van der Waals surface area contributed by atoms with E-state index in [0.717, 1.165) is 5.39 Å². The monoisotopic (exact) mass is 437 g/mol. The Hall–Kier alpha value is -3.32. The summed E-state index contributed by atoms with van der Waals surface area (Å²) in [6.45, 7) is 7.12. The smallest absolute Gasteiger partial charge is 0.421 e. The summed E-state index contributed by atoms with van der Waals surface area (Å²) in [6, 6.07) is 16.2. The van der Waals surface area contributed by atoms with E-state index in [1.165, 1.54) is 11.7 Å². The third kappa shape index (κ3) is 4.08. The zero-order valence-electron chi connectivity index (χ0n) is 18.9. The molecule has 3 aromatic rings. The number of hydrogen-bond acceptors (Lipinski definition) is 6. The number of benzene rings is 2. The summed E-state index contributed by atoms with van der Waals surface area (Å²) in [5.74, 6) is -1.62. The van der Waals surface area contributed by atoms with Crippen molar-refractivity contribution >= 4 is 23.0 Å². The molecule has 0 amide bonds. The Morgan fingerprint density at radius 2 is 1.72 bits per heavy atom. The van der Waals surface area contributed by atoms with E-state index in [1.807, 2.05) is 24.3 Å². The largest absolute Gasteiger partial charge is 0.446 e. The number of aromatic nitrogens is 1. The fourth-order valence-electron chi connectivity index (χ4n) is 3.89. The maximum absolute atomic E-state index is 13.3. The lowest BCUT2D eigenvalue weighted by molar-refractivity contribution is -0.175. The van der Waals surface area contributed by atoms with Crippen LogP contribution in [0.1, 0.15) is 45.6 Å². The predicted molar refractivity (Wildman–Crippen MR) is 119 cm³/mol. The molecule has 7 heteroatoms. The molecule has 0 spiro atoms. The topological polar surface area (TPSA) is 76.0 Å². The third-order valence-electron chi connectivity index (χ3n) is 5.36. The lowest BCUT2D eigenvalue weighted by Crippen LogP contribution is -2.43. The van der Waals surface area contributed by atoms with Crippen LogP contribution in [-0.2, 0) is 14.3 Å². The number of ether oxygens (including phenoxy) is 4. The maximum Gasteiger partial charge on any atom is 0.421 e. The van der Waals surface area contributed by atoms with Crippen molar-refractivity contribution in [2.45, 2.75) is 51.4 Å². The molecule has 4 rings (SSSR count). The molecule has 32 heavy (non-hydrogen) atoms. The van der Waals surface area contributed by atoms with Crippen LogP contribution >= 0.6 is 0 Å². The van der Waals surface area contributed by atoms with Crippen molar-refractivity contribution in [3.63, 3.8) is 0 Å². The Labute approximate surface area is 186 Å². The van der Waals surface area contributed by atoms with Crippen LogP contribution in [0.2, 0.25) is 0 Å². The van der Waals surface area contributed by atoms with Gasteiger partial charge in [-0.3, -0.25) is 4.79 Å². The summed E-state index contributed by atoms with van der Waals surface area (Å²) in [7, 11) is 1.51. The molecular weight excluding hydrogens is 410 g/mol. The molecule has 0 radical (unpaired) electrons. The van der Waals surface area contributed by atoms with Gasteiger partial charge < -0.3 is 18.9 Å². The molecule has 0 bridgehead atoms. The zero-order chi connectivity index (χ0) is 23.1. The van der Waals surface area contributed by atoms with Crippen LogP contribution in [0.3, 0.4) is 0 Å². The second-order valence-corrected chi connectivity index (χ2v) is 8.98. The summed E-state index contributed by atoms with van der Waals surface area (Å²) in [6.07, 6.45) is -0.365. The van der Waals surface area contributed by atoms with Gasteiger partial charge in [0.25, 0.3) is 0 Å². The summed E-state index contributed by atoms with van der Waals surface area (Å²) in [5, 5.41) is 0.724. The van der Waals surface area contributed by atoms with Crippen molar-refractivity contribution in [3.8, 4) is 11.6 Å². The van der Waals surface area contributed by atoms with Gasteiger partial charge in [-0.1, -0.05) is 36.4 Å². The van der Waals surface area contributed by atoms with E-state index in [4.69, 9.17) is 18.9 Å². The molecule has 0 saturated carbocycles. The number of carbonyl (C=O) groups excluding carboxylic acids is 2. The molecule has 168 valence electrons. The van der Waals surface area contributed by atoms with E-state index in [2.05, 4.69) is 0 Å². The molecule has 1 aromatic heterocycles. The molecular formula is C25H27NO6. The highest BCUT2D eigenvalue weighted by atomic mass is 16.7. The van der Waals surface area contributed by atoms with Gasteiger partial charge in [-0.2, -0.15) is 0 Å². The Morgan fingerprint density at radius 1 is 1.06 bits per heavy atom. The first-order valence-corrected chi connectivity index (χ1v) is 10.5. The first kappa shape index (κ1) is 21.9. The lowest BCUT2D eigenvalue weighted by atomic mass is 9.89. The van der Waals surface area contributed by atoms with E-state index in [-0.39, 0.29) is 12.3 Å². The average Bonchev–Trinajstić information content (AvgIpc) is 3.06. The Morgan fingerprint density at radius 3 is 2.38 bits per heavy atom. The Kier molecular flexibility index (Phi) is 5.46. The third-order valence-corrected chi connectivity index (χ3v) is 5.36. The molecule has 1 aliphatic rings. The summed E-state index contributed by atoms with van der Waals surface area (Å²) >= 11 is 0. The number of carbonyl (C=O) groups is 2. The SMILES string of the molecule is CO[C@@]1(C)C[C@@H](C(=O)Oc2ccccc2)c2c(n(C(=O)OC(C)(C)C)c3ccccc23)O1. The van der Waals surface area contributed by atoms with Crippen LogP contribution in [0, 0.1) is 0 Å². The molecule has 2 atom stereocenters. The number of para-hydroxylation sites is 2. The van der Waals surface area contributed by atoms with Gasteiger partial charge in [-0.15, -0.1) is 0 Å². The Bertz CT molecular complexity index is 1160. The molecule has 7 nitrogen and oxygen atoms in total. The minimum absolute atomic E-state index is 0.227. The second kappa shape index (κ2) is 7.98. The van der Waals surface area contributed by atoms with Crippen LogP contribution in [0.5, 0.6) is 11.6 Å². The minimum Gasteiger partial charge on any atom is -0.446 e. The maximum atomic E-state index is 13.3. The van der Waals surface area contributed by atoms with Crippen molar-refractivity contribution in [1.29, 1.82) is 0 Å². The summed E-state index contributed by atoms with van der Waals surface area (Å²) in [5.41, 5.74) is 0.465. The first-order valence-electron chi connectivity index (χ1n) is 10.5. The highest BCUT2D eigenvalue weighted by Crippen LogP contribution is 2.47. The van der Waals surface area contributed by atoms with Gasteiger partial charge in [0.2, 0.25) is 11.7 Å². The Balaban J connectivity index is 1.87. The van der Waals surface area contributed by atoms with E-state index in [9.17, 15) is 9.59 Å². The van der Waals surface area contributed by atoms with Crippen molar-refractivity contribution in [1.82, 2.24) is 4.57 Å². The molecule has 0 unspecified atom stereocenters. The highest BCUT2D eigenvalue weighted by molar-refractivity contribution is 5.99. The minimum atomic E-state index is -1.14. The van der Waals surface area contributed by atoms with Crippen molar-refractivity contribution in [2.75, 3.05) is 7.11 Å². The van der Waals surface area contributed by atoms with Crippen LogP contribution in [0.15, 0.2) is 54.6 Å². The number of hydrogen-bond donors (Lipinski definition) is 0. The second-order valence-electron chi connectivity index (χ2n) is 8.98. The van der Waals surface area contributed by atoms with Crippen LogP contribution in [-0.4, -0.2) is 35.1 Å². The number of fused-ring (bicyclic) bond motifs is 3. The van der Waals surface area contributed by atoms with Crippen molar-refractivity contribution in [3.05, 3.63) is 60.2 Å². The molecule has 0 aliphatic carbocycles. The van der Waals surface area contributed by atoms with Gasteiger partial charge in [0.15, 0.2) is 0 Å². The normalized spacial score (nSPS) is 20.3. The molecule has 0 saturated heterocycles. The summed E-state index contributed by atoms with van der Waals surface area (Å²) < 4.78 is 24.5. The van der Waals surface area contributed by atoms with E-state index >= 15 is 0 Å². The van der Waals surface area contributed by atoms with Gasteiger partial charge >= 0.3 is 12.1 Å². The average molecular weight is 437 g/mol. The van der Waals surface area contributed by atoms with Gasteiger partial charge in [-0.05, 0) is 39.0 Å². The fourth-order valence-corrected chi connectivity index (χ4v) is 3.89. The first-order chi connectivity index (χ1) is 15.1. The molecule has 2 heterocycles. The van der Waals surface area contributed by atoms with Crippen LogP contribution in [0.25, 0.3) is 10.9 Å². The van der Waals surface area contributed by atoms with Gasteiger partial charge in [0.1, 0.15) is 11.4 Å². The fraction of sp³-hybridized carbons (Fsp3) is 0.360. The van der Waals surface area contributed by atoms with E-state index < -0.39 is 29.4 Å². The predicted octanol–water partition coefficient (Wildman–Crippen LogP) is 5.26. The molecule has 1 aliphatic heterocycles. The van der Waals surface area contributed by atoms with Crippen LogP contribution < -0.4 is 9.47 Å². The number of nitrogens with zero attached hydrogens (tertiary/aromatic N) is 1. The van der Waals surface area contributed by atoms with E-state index in [1.54, 1.807) is 58.0 Å². The zero-order valence-corrected chi connectivity index (χ0v) is 18.9. The van der Waals surface area contributed by atoms with Gasteiger partial charge in [0.05, 0.1) is 11.4 Å². The molecule has 2 aromatic carbocycles. The van der Waals surface area contributed by atoms with E-state index in [0.29, 0.717) is 16.8 Å². The molecule has 0 fully saturated rings. The van der Waals surface area contributed by atoms with Gasteiger partial charge in [-0.25, -0.2) is 9.36 Å².